The van der Waals surface area contributed by atoms with E-state index in [4.69, 9.17) is 18.6 Å². The lowest BCUT2D eigenvalue weighted by Gasteiger charge is -2.41. The Morgan fingerprint density at radius 1 is 1.14 bits per heavy atom. The molecule has 0 aromatic heterocycles. The highest BCUT2D eigenvalue weighted by molar-refractivity contribution is 6.74. The Morgan fingerprint density at radius 2 is 1.91 bits per heavy atom. The van der Waals surface area contributed by atoms with Crippen LogP contribution in [0.5, 0.6) is 0 Å². The minimum atomic E-state index is -1.72. The third-order valence-electron chi connectivity index (χ3n) is 5.18. The Hall–Kier alpha value is 0.0569. The van der Waals surface area contributed by atoms with Crippen molar-refractivity contribution in [3.05, 3.63) is 0 Å². The van der Waals surface area contributed by atoms with E-state index in [1.54, 1.807) is 0 Å². The van der Waals surface area contributed by atoms with Gasteiger partial charge in [-0.3, -0.25) is 0 Å². The third-order valence-corrected chi connectivity index (χ3v) is 9.71. The Kier molecular flexibility index (Phi) is 6.48. The normalized spacial score (nSPS) is 31.2. The molecule has 5 heteroatoms. The minimum Gasteiger partial charge on any atom is -0.412 e. The lowest BCUT2D eigenvalue weighted by molar-refractivity contribution is -0.177. The molecule has 0 aliphatic carbocycles. The average molecular weight is 331 g/mol. The van der Waals surface area contributed by atoms with Crippen molar-refractivity contribution in [2.75, 3.05) is 26.4 Å². The monoisotopic (exact) mass is 330 g/mol. The molecule has 0 amide bonds. The summed E-state index contributed by atoms with van der Waals surface area (Å²) in [6.07, 6.45) is 4.65. The maximum absolute atomic E-state index is 6.49. The highest BCUT2D eigenvalue weighted by Crippen LogP contribution is 2.38. The molecule has 130 valence electrons. The van der Waals surface area contributed by atoms with E-state index in [-0.39, 0.29) is 17.4 Å². The predicted octanol–water partition coefficient (Wildman–Crippen LogP) is 3.96. The van der Waals surface area contributed by atoms with Gasteiger partial charge in [0.1, 0.15) is 0 Å². The molecule has 2 aliphatic heterocycles. The summed E-state index contributed by atoms with van der Waals surface area (Å²) in [6.45, 7) is 14.5. The maximum Gasteiger partial charge on any atom is 0.192 e. The van der Waals surface area contributed by atoms with Gasteiger partial charge in [-0.25, -0.2) is 0 Å². The van der Waals surface area contributed by atoms with Crippen LogP contribution in [0.3, 0.4) is 0 Å². The zero-order chi connectivity index (χ0) is 16.2. The number of ether oxygens (including phenoxy) is 3. The van der Waals surface area contributed by atoms with Crippen LogP contribution in [-0.2, 0) is 18.6 Å². The van der Waals surface area contributed by atoms with Gasteiger partial charge in [0.25, 0.3) is 0 Å². The van der Waals surface area contributed by atoms with E-state index in [0.717, 1.165) is 45.7 Å². The first-order valence-corrected chi connectivity index (χ1v) is 11.7. The fourth-order valence-corrected chi connectivity index (χ4v) is 4.10. The molecule has 2 aliphatic rings. The molecule has 0 aromatic rings. The molecule has 2 fully saturated rings. The largest absolute Gasteiger partial charge is 0.412 e. The Morgan fingerprint density at radius 3 is 2.55 bits per heavy atom. The van der Waals surface area contributed by atoms with E-state index in [9.17, 15) is 0 Å². The fourth-order valence-electron chi connectivity index (χ4n) is 2.75. The fraction of sp³-hybridized carbons (Fsp3) is 1.00. The van der Waals surface area contributed by atoms with Crippen molar-refractivity contribution >= 4 is 8.32 Å². The van der Waals surface area contributed by atoms with Gasteiger partial charge in [0.05, 0.1) is 25.9 Å². The van der Waals surface area contributed by atoms with E-state index in [0.29, 0.717) is 5.92 Å². The molecule has 0 saturated carbocycles. The number of hydrogen-bond donors (Lipinski definition) is 0. The minimum absolute atomic E-state index is 0.00423. The van der Waals surface area contributed by atoms with Crippen LogP contribution in [0.1, 0.15) is 46.5 Å². The van der Waals surface area contributed by atoms with Gasteiger partial charge >= 0.3 is 0 Å². The second-order valence-electron chi connectivity index (χ2n) is 8.27. The summed E-state index contributed by atoms with van der Waals surface area (Å²) in [4.78, 5) is 0. The molecule has 1 unspecified atom stereocenters. The zero-order valence-electron chi connectivity index (χ0n) is 15.0. The van der Waals surface area contributed by atoms with Crippen molar-refractivity contribution < 1.29 is 18.6 Å². The van der Waals surface area contributed by atoms with Gasteiger partial charge in [-0.1, -0.05) is 20.8 Å². The first-order chi connectivity index (χ1) is 10.3. The summed E-state index contributed by atoms with van der Waals surface area (Å²) in [5.41, 5.74) is 0. The summed E-state index contributed by atoms with van der Waals surface area (Å²) in [5, 5.41) is 0.242. The molecule has 2 saturated heterocycles. The maximum atomic E-state index is 6.49. The van der Waals surface area contributed by atoms with E-state index in [1.807, 2.05) is 0 Å². The van der Waals surface area contributed by atoms with E-state index in [1.165, 1.54) is 6.42 Å². The van der Waals surface area contributed by atoms with Gasteiger partial charge in [0, 0.05) is 12.5 Å². The van der Waals surface area contributed by atoms with E-state index >= 15 is 0 Å². The smallest absolute Gasteiger partial charge is 0.192 e. The van der Waals surface area contributed by atoms with Crippen LogP contribution in [0.25, 0.3) is 0 Å². The van der Waals surface area contributed by atoms with Crippen molar-refractivity contribution in [1.29, 1.82) is 0 Å². The molecule has 3 atom stereocenters. The van der Waals surface area contributed by atoms with Crippen molar-refractivity contribution in [1.82, 2.24) is 0 Å². The Labute approximate surface area is 137 Å². The molecule has 0 N–H and O–H groups in total. The number of hydrogen-bond acceptors (Lipinski definition) is 4. The first kappa shape index (κ1) is 18.4. The second kappa shape index (κ2) is 7.75. The topological polar surface area (TPSA) is 36.9 Å². The summed E-state index contributed by atoms with van der Waals surface area (Å²) in [5.74, 6) is 0.425. The number of rotatable bonds is 5. The van der Waals surface area contributed by atoms with Crippen LogP contribution < -0.4 is 0 Å². The lowest BCUT2D eigenvalue weighted by Crippen LogP contribution is -2.47. The van der Waals surface area contributed by atoms with Crippen molar-refractivity contribution in [3.8, 4) is 0 Å². The summed E-state index contributed by atoms with van der Waals surface area (Å²) in [7, 11) is -1.72. The standard InChI is InChI=1S/C17H34O4Si/c1-17(2,3)22(4,5)21-15-10-14(11-18-13-15)12-20-16-8-6-7-9-19-16/h14-16H,6-13H2,1-5H3/t14-,15+,16?/m0/s1. The van der Waals surface area contributed by atoms with E-state index < -0.39 is 8.32 Å². The van der Waals surface area contributed by atoms with Crippen molar-refractivity contribution in [3.63, 3.8) is 0 Å². The molecular weight excluding hydrogens is 296 g/mol. The van der Waals surface area contributed by atoms with Crippen LogP contribution >= 0.6 is 0 Å². The SMILES string of the molecule is CC(C)(C)[Si](C)(C)O[C@H]1COC[C@@H](COC2CCCCO2)C1. The highest BCUT2D eigenvalue weighted by Gasteiger charge is 2.40. The van der Waals surface area contributed by atoms with Gasteiger partial charge in [-0.15, -0.1) is 0 Å². The van der Waals surface area contributed by atoms with Crippen molar-refractivity contribution in [2.45, 2.75) is 77.0 Å². The van der Waals surface area contributed by atoms with Crippen LogP contribution in [-0.4, -0.2) is 47.1 Å². The van der Waals surface area contributed by atoms with Gasteiger partial charge in [-0.05, 0) is 43.8 Å². The Bertz CT molecular complexity index is 334. The molecule has 0 aromatic carbocycles. The predicted molar refractivity (Wildman–Crippen MR) is 90.5 cm³/mol. The highest BCUT2D eigenvalue weighted by atomic mass is 28.4. The molecule has 4 nitrogen and oxygen atoms in total. The van der Waals surface area contributed by atoms with E-state index in [2.05, 4.69) is 33.9 Å². The third kappa shape index (κ3) is 5.30. The summed E-state index contributed by atoms with van der Waals surface area (Å²) in [6, 6.07) is 0. The van der Waals surface area contributed by atoms with Gasteiger partial charge in [0.15, 0.2) is 14.6 Å². The van der Waals surface area contributed by atoms with Crippen LogP contribution in [0.15, 0.2) is 0 Å². The van der Waals surface area contributed by atoms with Crippen molar-refractivity contribution in [2.24, 2.45) is 5.92 Å². The van der Waals surface area contributed by atoms with Gasteiger partial charge in [-0.2, -0.15) is 0 Å². The summed E-state index contributed by atoms with van der Waals surface area (Å²) >= 11 is 0. The lowest BCUT2D eigenvalue weighted by atomic mass is 10.0. The molecule has 0 bridgehead atoms. The second-order valence-corrected chi connectivity index (χ2v) is 13.0. The molecule has 22 heavy (non-hydrogen) atoms. The van der Waals surface area contributed by atoms with Gasteiger partial charge in [0.2, 0.25) is 0 Å². The van der Waals surface area contributed by atoms with Crippen LogP contribution in [0.4, 0.5) is 0 Å². The first-order valence-electron chi connectivity index (χ1n) is 8.77. The zero-order valence-corrected chi connectivity index (χ0v) is 16.0. The molecular formula is C17H34O4Si. The Balaban J connectivity index is 1.76. The summed E-state index contributed by atoms with van der Waals surface area (Å²) < 4.78 is 23.8. The molecule has 2 rings (SSSR count). The quantitative estimate of drug-likeness (QED) is 0.715. The van der Waals surface area contributed by atoms with Crippen LogP contribution in [0, 0.1) is 5.92 Å². The van der Waals surface area contributed by atoms with Gasteiger partial charge < -0.3 is 18.6 Å². The molecule has 2 heterocycles. The molecule has 0 spiro atoms. The molecule has 0 radical (unpaired) electrons. The van der Waals surface area contributed by atoms with Crippen LogP contribution in [0.2, 0.25) is 18.1 Å². The average Bonchev–Trinajstić information content (AvgIpc) is 2.45.